The predicted molar refractivity (Wildman–Crippen MR) is 123 cm³/mol. The van der Waals surface area contributed by atoms with Crippen LogP contribution in [0.4, 0.5) is 4.39 Å². The van der Waals surface area contributed by atoms with Crippen LogP contribution in [0.25, 0.3) is 16.6 Å². The van der Waals surface area contributed by atoms with Crippen molar-refractivity contribution in [1.29, 1.82) is 0 Å². The lowest BCUT2D eigenvalue weighted by molar-refractivity contribution is 0.629. The SMILES string of the molecule is CN=C(NCCc1c[nH]c2cc(F)ccc12)NCc1ccccc1-n1nc(C)cc1C. The summed E-state index contributed by atoms with van der Waals surface area (Å²) in [5.41, 5.74) is 6.26. The Kier molecular flexibility index (Phi) is 6.02. The predicted octanol–water partition coefficient (Wildman–Crippen LogP) is 4.02. The third-order valence-corrected chi connectivity index (χ3v) is 5.32. The van der Waals surface area contributed by atoms with Gasteiger partial charge in [0.15, 0.2) is 5.96 Å². The lowest BCUT2D eigenvalue weighted by atomic mass is 10.1. The molecule has 2 aromatic heterocycles. The summed E-state index contributed by atoms with van der Waals surface area (Å²) in [4.78, 5) is 7.47. The number of H-pyrrole nitrogens is 1. The fraction of sp³-hybridized carbons (Fsp3) is 0.250. The summed E-state index contributed by atoms with van der Waals surface area (Å²) in [6.07, 6.45) is 2.74. The normalized spacial score (nSPS) is 11.8. The summed E-state index contributed by atoms with van der Waals surface area (Å²) in [7, 11) is 1.76. The van der Waals surface area contributed by atoms with Crippen LogP contribution in [0.5, 0.6) is 0 Å². The van der Waals surface area contributed by atoms with Crippen molar-refractivity contribution in [3.8, 4) is 5.69 Å². The number of rotatable bonds is 6. The summed E-state index contributed by atoms with van der Waals surface area (Å²) in [5.74, 6) is 0.499. The van der Waals surface area contributed by atoms with Gasteiger partial charge >= 0.3 is 0 Å². The van der Waals surface area contributed by atoms with Crippen LogP contribution in [-0.4, -0.2) is 34.3 Å². The first-order valence-electron chi connectivity index (χ1n) is 10.4. The number of nitrogens with one attached hydrogen (secondary N) is 3. The molecule has 0 saturated carbocycles. The minimum atomic E-state index is -0.232. The van der Waals surface area contributed by atoms with Gasteiger partial charge in [0.25, 0.3) is 0 Å². The number of hydrogen-bond acceptors (Lipinski definition) is 2. The van der Waals surface area contributed by atoms with Crippen LogP contribution in [-0.2, 0) is 13.0 Å². The molecule has 0 aliphatic heterocycles. The van der Waals surface area contributed by atoms with Crippen molar-refractivity contribution in [2.45, 2.75) is 26.8 Å². The van der Waals surface area contributed by atoms with E-state index in [9.17, 15) is 4.39 Å². The minimum Gasteiger partial charge on any atom is -0.361 e. The Bertz CT molecular complexity index is 1220. The standard InChI is InChI=1S/C24H27FN6/c1-16-12-17(2)31(30-16)23-7-5-4-6-19(23)15-29-24(26-3)27-11-10-18-14-28-22-13-20(25)8-9-21(18)22/h4-9,12-14,28H,10-11,15H2,1-3H3,(H2,26,27,29). The van der Waals surface area contributed by atoms with Gasteiger partial charge < -0.3 is 15.6 Å². The highest BCUT2D eigenvalue weighted by Gasteiger charge is 2.10. The number of aryl methyl sites for hydroxylation is 2. The summed E-state index contributed by atoms with van der Waals surface area (Å²) in [6.45, 7) is 5.40. The van der Waals surface area contributed by atoms with Crippen LogP contribution in [0.2, 0.25) is 0 Å². The van der Waals surface area contributed by atoms with Gasteiger partial charge in [0.2, 0.25) is 0 Å². The quantitative estimate of drug-likeness (QED) is 0.327. The number of benzene rings is 2. The topological polar surface area (TPSA) is 70.0 Å². The van der Waals surface area contributed by atoms with Gasteiger partial charge in [-0.2, -0.15) is 5.10 Å². The summed E-state index contributed by atoms with van der Waals surface area (Å²) >= 11 is 0. The Labute approximate surface area is 181 Å². The van der Waals surface area contributed by atoms with E-state index in [2.05, 4.69) is 50.8 Å². The molecule has 2 aromatic carbocycles. The highest BCUT2D eigenvalue weighted by atomic mass is 19.1. The molecule has 2 heterocycles. The Hall–Kier alpha value is -3.61. The number of para-hydroxylation sites is 1. The zero-order valence-electron chi connectivity index (χ0n) is 18.0. The van der Waals surface area contributed by atoms with Gasteiger partial charge in [-0.25, -0.2) is 9.07 Å². The molecule has 0 unspecified atom stereocenters. The fourth-order valence-electron chi connectivity index (χ4n) is 3.82. The molecule has 4 aromatic rings. The molecule has 0 spiro atoms. The second-order valence-electron chi connectivity index (χ2n) is 7.57. The number of aromatic amines is 1. The molecule has 3 N–H and O–H groups in total. The largest absolute Gasteiger partial charge is 0.361 e. The van der Waals surface area contributed by atoms with E-state index in [4.69, 9.17) is 0 Å². The van der Waals surface area contributed by atoms with Crippen LogP contribution in [0, 0.1) is 19.7 Å². The van der Waals surface area contributed by atoms with Gasteiger partial charge in [-0.05, 0) is 61.7 Å². The highest BCUT2D eigenvalue weighted by Crippen LogP contribution is 2.19. The Morgan fingerprint density at radius 1 is 1.10 bits per heavy atom. The van der Waals surface area contributed by atoms with Crippen molar-refractivity contribution >= 4 is 16.9 Å². The number of aromatic nitrogens is 3. The molecule has 0 aliphatic rings. The molecule has 0 bridgehead atoms. The average Bonchev–Trinajstić information content (AvgIpc) is 3.32. The number of halogens is 1. The van der Waals surface area contributed by atoms with Gasteiger partial charge in [0.1, 0.15) is 5.82 Å². The van der Waals surface area contributed by atoms with E-state index in [1.807, 2.05) is 36.0 Å². The van der Waals surface area contributed by atoms with Crippen molar-refractivity contribution in [3.63, 3.8) is 0 Å². The van der Waals surface area contributed by atoms with Crippen molar-refractivity contribution < 1.29 is 4.39 Å². The molecular formula is C24H27FN6. The number of nitrogens with zero attached hydrogens (tertiary/aromatic N) is 3. The zero-order chi connectivity index (χ0) is 21.8. The van der Waals surface area contributed by atoms with Gasteiger partial charge in [-0.1, -0.05) is 18.2 Å². The second kappa shape index (κ2) is 9.04. The summed E-state index contributed by atoms with van der Waals surface area (Å²) in [6, 6.07) is 15.1. The number of hydrogen-bond donors (Lipinski definition) is 3. The maximum Gasteiger partial charge on any atom is 0.191 e. The van der Waals surface area contributed by atoms with Crippen molar-refractivity contribution in [3.05, 3.63) is 83.1 Å². The van der Waals surface area contributed by atoms with Crippen LogP contribution in [0.1, 0.15) is 22.5 Å². The molecule has 160 valence electrons. The van der Waals surface area contributed by atoms with E-state index < -0.39 is 0 Å². The highest BCUT2D eigenvalue weighted by molar-refractivity contribution is 5.83. The molecule has 6 nitrogen and oxygen atoms in total. The van der Waals surface area contributed by atoms with Crippen LogP contribution < -0.4 is 10.6 Å². The molecule has 0 fully saturated rings. The molecule has 0 aliphatic carbocycles. The first-order chi connectivity index (χ1) is 15.0. The first kappa shape index (κ1) is 20.7. The van der Waals surface area contributed by atoms with Gasteiger partial charge in [-0.15, -0.1) is 0 Å². The minimum absolute atomic E-state index is 0.232. The molecule has 0 amide bonds. The van der Waals surface area contributed by atoms with E-state index in [1.54, 1.807) is 7.05 Å². The maximum atomic E-state index is 13.4. The van der Waals surface area contributed by atoms with E-state index in [1.165, 1.54) is 12.1 Å². The Balaban J connectivity index is 1.38. The summed E-state index contributed by atoms with van der Waals surface area (Å²) < 4.78 is 15.3. The van der Waals surface area contributed by atoms with Crippen molar-refractivity contribution in [2.75, 3.05) is 13.6 Å². The lowest BCUT2D eigenvalue weighted by Crippen LogP contribution is -2.38. The number of fused-ring (bicyclic) bond motifs is 1. The third-order valence-electron chi connectivity index (χ3n) is 5.32. The molecule has 7 heteroatoms. The fourth-order valence-corrected chi connectivity index (χ4v) is 3.82. The van der Waals surface area contributed by atoms with Gasteiger partial charge in [0.05, 0.1) is 11.4 Å². The van der Waals surface area contributed by atoms with Crippen LogP contribution in [0.3, 0.4) is 0 Å². The van der Waals surface area contributed by atoms with E-state index in [-0.39, 0.29) is 5.82 Å². The van der Waals surface area contributed by atoms with E-state index >= 15 is 0 Å². The molecule has 0 radical (unpaired) electrons. The van der Waals surface area contributed by atoms with Gasteiger partial charge in [-0.3, -0.25) is 4.99 Å². The first-order valence-corrected chi connectivity index (χ1v) is 10.4. The van der Waals surface area contributed by atoms with Crippen molar-refractivity contribution in [1.82, 2.24) is 25.4 Å². The zero-order valence-corrected chi connectivity index (χ0v) is 18.0. The monoisotopic (exact) mass is 418 g/mol. The Morgan fingerprint density at radius 3 is 2.71 bits per heavy atom. The molecule has 4 rings (SSSR count). The Morgan fingerprint density at radius 2 is 1.94 bits per heavy atom. The third kappa shape index (κ3) is 4.60. The smallest absolute Gasteiger partial charge is 0.191 e. The van der Waals surface area contributed by atoms with Crippen molar-refractivity contribution in [2.24, 2.45) is 4.99 Å². The second-order valence-corrected chi connectivity index (χ2v) is 7.57. The average molecular weight is 419 g/mol. The van der Waals surface area contributed by atoms with E-state index in [0.29, 0.717) is 13.1 Å². The van der Waals surface area contributed by atoms with E-state index in [0.717, 1.165) is 51.5 Å². The number of aliphatic imine (C=N–C) groups is 1. The molecule has 0 saturated heterocycles. The molecular weight excluding hydrogens is 391 g/mol. The maximum absolute atomic E-state index is 13.4. The van der Waals surface area contributed by atoms with Crippen LogP contribution >= 0.6 is 0 Å². The van der Waals surface area contributed by atoms with Gasteiger partial charge in [0, 0.05) is 42.9 Å². The lowest BCUT2D eigenvalue weighted by Gasteiger charge is -2.15. The number of guanidine groups is 1. The van der Waals surface area contributed by atoms with Crippen LogP contribution in [0.15, 0.2) is 59.7 Å². The molecule has 31 heavy (non-hydrogen) atoms. The molecule has 0 atom stereocenters. The summed E-state index contributed by atoms with van der Waals surface area (Å²) in [5, 5.41) is 12.4.